The van der Waals surface area contributed by atoms with Crippen molar-refractivity contribution in [2.45, 2.75) is 6.92 Å². The molecule has 0 saturated heterocycles. The Bertz CT molecular complexity index is 645. The second-order valence-electron chi connectivity index (χ2n) is 4.65. The predicted octanol–water partition coefficient (Wildman–Crippen LogP) is 4.50. The zero-order valence-electron chi connectivity index (χ0n) is 12.0. The highest BCUT2D eigenvalue weighted by atomic mass is 35.5. The van der Waals surface area contributed by atoms with Crippen LogP contribution >= 0.6 is 23.2 Å². The fraction of sp³-hybridized carbons (Fsp3) is 0.188. The first-order chi connectivity index (χ1) is 10.5. The Morgan fingerprint density at radius 2 is 1.86 bits per heavy atom. The van der Waals surface area contributed by atoms with Crippen molar-refractivity contribution in [1.82, 2.24) is 5.32 Å². The van der Waals surface area contributed by atoms with Crippen molar-refractivity contribution in [2.75, 3.05) is 18.5 Å². The molecule has 22 heavy (non-hydrogen) atoms. The highest BCUT2D eigenvalue weighted by molar-refractivity contribution is 6.31. The summed E-state index contributed by atoms with van der Waals surface area (Å²) in [5, 5.41) is 6.74. The molecule has 0 aromatic heterocycles. The van der Waals surface area contributed by atoms with Gasteiger partial charge in [-0.2, -0.15) is 0 Å². The number of anilines is 1. The minimum Gasteiger partial charge on any atom is -0.492 e. The van der Waals surface area contributed by atoms with Gasteiger partial charge in [-0.15, -0.1) is 0 Å². The topological polar surface area (TPSA) is 50.4 Å². The predicted molar refractivity (Wildman–Crippen MR) is 90.2 cm³/mol. The van der Waals surface area contributed by atoms with E-state index < -0.39 is 0 Å². The normalized spacial score (nSPS) is 10.1. The molecule has 0 spiro atoms. The van der Waals surface area contributed by atoms with Crippen LogP contribution in [0.5, 0.6) is 5.75 Å². The summed E-state index contributed by atoms with van der Waals surface area (Å²) in [6.45, 7) is 2.67. The molecule has 2 rings (SSSR count). The molecule has 116 valence electrons. The van der Waals surface area contributed by atoms with E-state index >= 15 is 0 Å². The highest BCUT2D eigenvalue weighted by Gasteiger charge is 2.02. The van der Waals surface area contributed by atoms with Gasteiger partial charge in [0.2, 0.25) is 0 Å². The summed E-state index contributed by atoms with van der Waals surface area (Å²) in [7, 11) is 0. The first-order valence-electron chi connectivity index (χ1n) is 6.74. The fourth-order valence-electron chi connectivity index (χ4n) is 1.75. The van der Waals surface area contributed by atoms with E-state index in [1.54, 1.807) is 36.4 Å². The number of hydrogen-bond donors (Lipinski definition) is 2. The Kier molecular flexibility index (Phi) is 5.92. The van der Waals surface area contributed by atoms with E-state index in [4.69, 9.17) is 27.9 Å². The minimum atomic E-state index is -0.293. The molecule has 2 N–H and O–H groups in total. The van der Waals surface area contributed by atoms with Crippen molar-refractivity contribution < 1.29 is 9.53 Å². The van der Waals surface area contributed by atoms with Gasteiger partial charge in [-0.1, -0.05) is 23.2 Å². The number of aryl methyl sites for hydroxylation is 1. The summed E-state index contributed by atoms with van der Waals surface area (Å²) in [6, 6.07) is 12.0. The van der Waals surface area contributed by atoms with Crippen LogP contribution in [-0.4, -0.2) is 19.2 Å². The van der Waals surface area contributed by atoms with Crippen molar-refractivity contribution in [1.29, 1.82) is 0 Å². The molecule has 0 fully saturated rings. The zero-order valence-corrected chi connectivity index (χ0v) is 13.5. The quantitative estimate of drug-likeness (QED) is 0.788. The van der Waals surface area contributed by atoms with Crippen LogP contribution in [0.4, 0.5) is 10.5 Å². The second-order valence-corrected chi connectivity index (χ2v) is 5.49. The monoisotopic (exact) mass is 338 g/mol. The summed E-state index contributed by atoms with van der Waals surface area (Å²) in [6.07, 6.45) is 0. The molecule has 0 unspecified atom stereocenters. The lowest BCUT2D eigenvalue weighted by molar-refractivity contribution is 0.247. The average Bonchev–Trinajstić information content (AvgIpc) is 2.49. The van der Waals surface area contributed by atoms with E-state index in [-0.39, 0.29) is 6.03 Å². The molecule has 0 bridgehead atoms. The molecule has 0 saturated carbocycles. The van der Waals surface area contributed by atoms with E-state index in [0.29, 0.717) is 28.9 Å². The van der Waals surface area contributed by atoms with E-state index in [0.717, 1.165) is 11.3 Å². The lowest BCUT2D eigenvalue weighted by atomic mass is 10.2. The lowest BCUT2D eigenvalue weighted by Gasteiger charge is -2.10. The van der Waals surface area contributed by atoms with Crippen LogP contribution in [-0.2, 0) is 0 Å². The number of carbonyl (C=O) groups excluding carboxylic acids is 1. The Morgan fingerprint density at radius 1 is 1.14 bits per heavy atom. The van der Waals surface area contributed by atoms with Crippen LogP contribution < -0.4 is 15.4 Å². The van der Waals surface area contributed by atoms with Gasteiger partial charge in [0.15, 0.2) is 0 Å². The number of hydrogen-bond acceptors (Lipinski definition) is 2. The van der Waals surface area contributed by atoms with Crippen LogP contribution in [0.1, 0.15) is 5.56 Å². The molecule has 2 amide bonds. The fourth-order valence-corrected chi connectivity index (χ4v) is 1.99. The second kappa shape index (κ2) is 7.92. The van der Waals surface area contributed by atoms with Gasteiger partial charge in [-0.3, -0.25) is 0 Å². The number of ether oxygens (including phenoxy) is 1. The minimum absolute atomic E-state index is 0.293. The van der Waals surface area contributed by atoms with Crippen molar-refractivity contribution in [3.63, 3.8) is 0 Å². The molecule has 0 radical (unpaired) electrons. The van der Waals surface area contributed by atoms with Gasteiger partial charge in [-0.25, -0.2) is 4.79 Å². The van der Waals surface area contributed by atoms with Gasteiger partial charge >= 0.3 is 6.03 Å². The van der Waals surface area contributed by atoms with E-state index in [1.807, 2.05) is 13.0 Å². The van der Waals surface area contributed by atoms with Crippen LogP contribution in [0.15, 0.2) is 42.5 Å². The molecular weight excluding hydrogens is 323 g/mol. The molecule has 2 aromatic rings. The van der Waals surface area contributed by atoms with Gasteiger partial charge in [-0.05, 0) is 55.0 Å². The van der Waals surface area contributed by atoms with E-state index in [2.05, 4.69) is 10.6 Å². The van der Waals surface area contributed by atoms with E-state index in [1.165, 1.54) is 0 Å². The molecule has 0 atom stereocenters. The Hall–Kier alpha value is -1.91. The maximum absolute atomic E-state index is 11.7. The van der Waals surface area contributed by atoms with Crippen LogP contribution in [0.3, 0.4) is 0 Å². The third kappa shape index (κ3) is 5.13. The number of urea groups is 1. The summed E-state index contributed by atoms with van der Waals surface area (Å²) < 4.78 is 5.54. The molecule has 0 aliphatic heterocycles. The number of nitrogens with one attached hydrogen (secondary N) is 2. The Labute approximate surface area is 139 Å². The van der Waals surface area contributed by atoms with Crippen molar-refractivity contribution >= 4 is 34.9 Å². The molecule has 2 aromatic carbocycles. The van der Waals surface area contributed by atoms with Crippen LogP contribution in [0.2, 0.25) is 10.0 Å². The first kappa shape index (κ1) is 16.5. The van der Waals surface area contributed by atoms with Gasteiger partial charge in [0, 0.05) is 15.7 Å². The molecule has 0 heterocycles. The van der Waals surface area contributed by atoms with E-state index in [9.17, 15) is 4.79 Å². The van der Waals surface area contributed by atoms with Crippen molar-refractivity contribution in [3.05, 3.63) is 58.1 Å². The summed E-state index contributed by atoms with van der Waals surface area (Å²) in [5.74, 6) is 0.724. The Morgan fingerprint density at radius 3 is 2.55 bits per heavy atom. The van der Waals surface area contributed by atoms with Gasteiger partial charge < -0.3 is 15.4 Å². The van der Waals surface area contributed by atoms with Crippen molar-refractivity contribution in [3.8, 4) is 5.75 Å². The molecular formula is C16H16Cl2N2O2. The number of rotatable bonds is 5. The van der Waals surface area contributed by atoms with Crippen LogP contribution in [0, 0.1) is 6.92 Å². The van der Waals surface area contributed by atoms with Crippen molar-refractivity contribution in [2.24, 2.45) is 0 Å². The highest BCUT2D eigenvalue weighted by Crippen LogP contribution is 2.20. The summed E-state index contributed by atoms with van der Waals surface area (Å²) in [4.78, 5) is 11.7. The average molecular weight is 339 g/mol. The first-order valence-corrected chi connectivity index (χ1v) is 7.49. The SMILES string of the molecule is Cc1cc(OCCNC(=O)Nc2ccc(Cl)cc2)ccc1Cl. The van der Waals surface area contributed by atoms with Gasteiger partial charge in [0.05, 0.1) is 6.54 Å². The third-order valence-electron chi connectivity index (χ3n) is 2.89. The number of carbonyl (C=O) groups is 1. The maximum Gasteiger partial charge on any atom is 0.319 e. The van der Waals surface area contributed by atoms with Gasteiger partial charge in [0.25, 0.3) is 0 Å². The van der Waals surface area contributed by atoms with Gasteiger partial charge in [0.1, 0.15) is 12.4 Å². The number of amides is 2. The smallest absolute Gasteiger partial charge is 0.319 e. The Balaban J connectivity index is 1.70. The largest absolute Gasteiger partial charge is 0.492 e. The third-order valence-corrected chi connectivity index (χ3v) is 3.56. The molecule has 6 heteroatoms. The molecule has 0 aliphatic rings. The summed E-state index contributed by atoms with van der Waals surface area (Å²) in [5.41, 5.74) is 1.63. The summed E-state index contributed by atoms with van der Waals surface area (Å²) >= 11 is 11.7. The number of benzene rings is 2. The standard InChI is InChI=1S/C16H16Cl2N2O2/c1-11-10-14(6-7-15(11)18)22-9-8-19-16(21)20-13-4-2-12(17)3-5-13/h2-7,10H,8-9H2,1H3,(H2,19,20,21). The zero-order chi connectivity index (χ0) is 15.9. The maximum atomic E-state index is 11.7. The number of halogens is 2. The molecule has 4 nitrogen and oxygen atoms in total. The molecule has 0 aliphatic carbocycles. The van der Waals surface area contributed by atoms with Crippen LogP contribution in [0.25, 0.3) is 0 Å². The lowest BCUT2D eigenvalue weighted by Crippen LogP contribution is -2.32.